The van der Waals surface area contributed by atoms with Gasteiger partial charge in [0.1, 0.15) is 17.3 Å². The van der Waals surface area contributed by atoms with Crippen molar-refractivity contribution < 1.29 is 9.13 Å². The van der Waals surface area contributed by atoms with Gasteiger partial charge in [-0.15, -0.1) is 0 Å². The van der Waals surface area contributed by atoms with Crippen LogP contribution in [-0.2, 0) is 0 Å². The second-order valence-corrected chi connectivity index (χ2v) is 5.02. The lowest BCUT2D eigenvalue weighted by Gasteiger charge is -2.15. The van der Waals surface area contributed by atoms with Crippen molar-refractivity contribution in [2.45, 2.75) is 13.0 Å². The third-order valence-corrected chi connectivity index (χ3v) is 3.44. The summed E-state index contributed by atoms with van der Waals surface area (Å²) < 4.78 is 19.9. The van der Waals surface area contributed by atoms with Crippen molar-refractivity contribution in [1.82, 2.24) is 0 Å². The van der Waals surface area contributed by atoms with Crippen LogP contribution in [-0.4, -0.2) is 0 Å². The summed E-state index contributed by atoms with van der Waals surface area (Å²) in [7, 11) is 0. The van der Waals surface area contributed by atoms with Crippen molar-refractivity contribution in [1.29, 1.82) is 0 Å². The van der Waals surface area contributed by atoms with E-state index in [0.717, 1.165) is 10.8 Å². The normalized spacial score (nSPS) is 12.3. The van der Waals surface area contributed by atoms with Crippen molar-refractivity contribution in [3.8, 4) is 11.5 Å². The van der Waals surface area contributed by atoms with Gasteiger partial charge in [0, 0.05) is 17.0 Å². The van der Waals surface area contributed by atoms with Crippen LogP contribution in [0.1, 0.15) is 18.5 Å². The monoisotopic (exact) mass is 281 g/mol. The molecule has 21 heavy (non-hydrogen) atoms. The van der Waals surface area contributed by atoms with Crippen LogP contribution in [0, 0.1) is 5.82 Å². The second kappa shape index (κ2) is 5.54. The van der Waals surface area contributed by atoms with Crippen LogP contribution in [0.25, 0.3) is 10.8 Å². The number of nitrogens with two attached hydrogens (primary N) is 1. The number of hydrogen-bond acceptors (Lipinski definition) is 2. The molecule has 3 rings (SSSR count). The smallest absolute Gasteiger partial charge is 0.135 e. The van der Waals surface area contributed by atoms with Crippen LogP contribution in [0.3, 0.4) is 0 Å². The molecule has 0 spiro atoms. The predicted molar refractivity (Wildman–Crippen MR) is 83.0 cm³/mol. The van der Waals surface area contributed by atoms with Crippen molar-refractivity contribution >= 4 is 10.8 Å². The Labute approximate surface area is 123 Å². The van der Waals surface area contributed by atoms with Crippen LogP contribution in [0.4, 0.5) is 4.39 Å². The van der Waals surface area contributed by atoms with E-state index in [4.69, 9.17) is 10.5 Å². The first-order valence-corrected chi connectivity index (χ1v) is 6.86. The second-order valence-electron chi connectivity index (χ2n) is 5.02. The third kappa shape index (κ3) is 2.60. The molecule has 0 bridgehead atoms. The Kier molecular flexibility index (Phi) is 3.59. The van der Waals surface area contributed by atoms with E-state index in [0.29, 0.717) is 17.1 Å². The van der Waals surface area contributed by atoms with Crippen LogP contribution in [0.5, 0.6) is 11.5 Å². The van der Waals surface area contributed by atoms with Gasteiger partial charge < -0.3 is 10.5 Å². The lowest BCUT2D eigenvalue weighted by Crippen LogP contribution is -2.09. The summed E-state index contributed by atoms with van der Waals surface area (Å²) in [4.78, 5) is 0. The largest absolute Gasteiger partial charge is 0.456 e. The van der Waals surface area contributed by atoms with E-state index in [2.05, 4.69) is 0 Å². The average Bonchev–Trinajstić information content (AvgIpc) is 2.47. The summed E-state index contributed by atoms with van der Waals surface area (Å²) in [5.74, 6) is 0.810. The first-order valence-electron chi connectivity index (χ1n) is 6.86. The molecule has 3 aromatic rings. The fourth-order valence-electron chi connectivity index (χ4n) is 2.45. The van der Waals surface area contributed by atoms with Gasteiger partial charge in [-0.3, -0.25) is 0 Å². The summed E-state index contributed by atoms with van der Waals surface area (Å²) in [5.41, 5.74) is 6.26. The summed E-state index contributed by atoms with van der Waals surface area (Å²) in [6, 6.07) is 18.1. The van der Waals surface area contributed by atoms with Crippen LogP contribution < -0.4 is 10.5 Å². The fourth-order valence-corrected chi connectivity index (χ4v) is 2.45. The minimum atomic E-state index is -0.434. The van der Waals surface area contributed by atoms with E-state index in [1.165, 1.54) is 6.07 Å². The zero-order valence-electron chi connectivity index (χ0n) is 11.7. The highest BCUT2D eigenvalue weighted by Gasteiger charge is 2.15. The molecule has 3 aromatic carbocycles. The van der Waals surface area contributed by atoms with Crippen molar-refractivity contribution in [3.05, 3.63) is 72.0 Å². The number of hydrogen-bond donors (Lipinski definition) is 1. The summed E-state index contributed by atoms with van der Waals surface area (Å²) >= 11 is 0. The number of fused-ring (bicyclic) bond motifs is 1. The number of rotatable bonds is 3. The van der Waals surface area contributed by atoms with Gasteiger partial charge in [0.15, 0.2) is 0 Å². The van der Waals surface area contributed by atoms with Gasteiger partial charge in [0.05, 0.1) is 0 Å². The van der Waals surface area contributed by atoms with E-state index < -0.39 is 6.04 Å². The fraction of sp³-hybridized carbons (Fsp3) is 0.111. The first-order chi connectivity index (χ1) is 10.2. The Hall–Kier alpha value is -2.39. The van der Waals surface area contributed by atoms with Gasteiger partial charge in [0.25, 0.3) is 0 Å². The maximum atomic E-state index is 14.0. The Balaban J connectivity index is 2.09. The highest BCUT2D eigenvalue weighted by Crippen LogP contribution is 2.34. The standard InChI is InChI=1S/C18H16FNO/c1-12(20)18-15(19)9-5-11-17(18)21-16-10-4-7-13-6-2-3-8-14(13)16/h2-12H,20H2,1H3/t12-/m1/s1. The molecule has 0 aliphatic rings. The lowest BCUT2D eigenvalue weighted by molar-refractivity contribution is 0.465. The van der Waals surface area contributed by atoms with Gasteiger partial charge in [-0.1, -0.05) is 42.5 Å². The summed E-state index contributed by atoms with van der Waals surface area (Å²) in [5, 5.41) is 2.06. The molecule has 0 fully saturated rings. The molecule has 1 atom stereocenters. The Bertz CT molecular complexity index is 778. The van der Waals surface area contributed by atoms with E-state index in [1.807, 2.05) is 42.5 Å². The third-order valence-electron chi connectivity index (χ3n) is 3.44. The Morgan fingerprint density at radius 1 is 0.905 bits per heavy atom. The maximum Gasteiger partial charge on any atom is 0.135 e. The van der Waals surface area contributed by atoms with Gasteiger partial charge in [-0.05, 0) is 30.5 Å². The van der Waals surface area contributed by atoms with Crippen molar-refractivity contribution in [2.75, 3.05) is 0 Å². The number of ether oxygens (including phenoxy) is 1. The topological polar surface area (TPSA) is 35.2 Å². The van der Waals surface area contributed by atoms with Crippen molar-refractivity contribution in [3.63, 3.8) is 0 Å². The number of benzene rings is 3. The maximum absolute atomic E-state index is 14.0. The first kappa shape index (κ1) is 13.6. The van der Waals surface area contributed by atoms with Gasteiger partial charge in [0.2, 0.25) is 0 Å². The summed E-state index contributed by atoms with van der Waals surface area (Å²) in [6.07, 6.45) is 0. The Morgan fingerprint density at radius 3 is 2.38 bits per heavy atom. The van der Waals surface area contributed by atoms with Crippen LogP contribution >= 0.6 is 0 Å². The highest BCUT2D eigenvalue weighted by atomic mass is 19.1. The van der Waals surface area contributed by atoms with Crippen LogP contribution in [0.15, 0.2) is 60.7 Å². The molecule has 0 saturated carbocycles. The molecule has 0 heterocycles. The van der Waals surface area contributed by atoms with E-state index >= 15 is 0 Å². The zero-order chi connectivity index (χ0) is 14.8. The molecule has 2 nitrogen and oxygen atoms in total. The van der Waals surface area contributed by atoms with Gasteiger partial charge in [-0.2, -0.15) is 0 Å². The molecule has 2 N–H and O–H groups in total. The molecule has 0 aromatic heterocycles. The van der Waals surface area contributed by atoms with Crippen LogP contribution in [0.2, 0.25) is 0 Å². The van der Waals surface area contributed by atoms with E-state index in [1.54, 1.807) is 19.1 Å². The average molecular weight is 281 g/mol. The molecular formula is C18H16FNO. The minimum Gasteiger partial charge on any atom is -0.456 e. The molecule has 0 radical (unpaired) electrons. The highest BCUT2D eigenvalue weighted by molar-refractivity contribution is 5.88. The predicted octanol–water partition coefficient (Wildman–Crippen LogP) is 4.79. The molecule has 0 amide bonds. The SMILES string of the molecule is C[C@@H](N)c1c(F)cccc1Oc1cccc2ccccc12. The quantitative estimate of drug-likeness (QED) is 0.749. The molecule has 106 valence electrons. The number of halogens is 1. The molecule has 0 aliphatic heterocycles. The Morgan fingerprint density at radius 2 is 1.57 bits per heavy atom. The zero-order valence-corrected chi connectivity index (χ0v) is 11.7. The van der Waals surface area contributed by atoms with Crippen molar-refractivity contribution in [2.24, 2.45) is 5.73 Å². The molecule has 0 unspecified atom stereocenters. The molecule has 0 aliphatic carbocycles. The van der Waals surface area contributed by atoms with Gasteiger partial charge in [-0.25, -0.2) is 4.39 Å². The minimum absolute atomic E-state index is 0.345. The van der Waals surface area contributed by atoms with E-state index in [9.17, 15) is 4.39 Å². The molecule has 0 saturated heterocycles. The lowest BCUT2D eigenvalue weighted by atomic mass is 10.1. The molecular weight excluding hydrogens is 265 g/mol. The molecule has 3 heteroatoms. The summed E-state index contributed by atoms with van der Waals surface area (Å²) in [6.45, 7) is 1.74. The van der Waals surface area contributed by atoms with Gasteiger partial charge >= 0.3 is 0 Å². The van der Waals surface area contributed by atoms with E-state index in [-0.39, 0.29) is 5.82 Å².